The lowest BCUT2D eigenvalue weighted by atomic mass is 10.0. The number of esters is 1. The fraction of sp³-hybridized carbons (Fsp3) is 0.417. The highest BCUT2D eigenvalue weighted by atomic mass is 35.5. The monoisotopic (exact) mass is 313 g/mol. The number of ether oxygens (including phenoxy) is 1. The summed E-state index contributed by atoms with van der Waals surface area (Å²) >= 11 is 5.43. The second-order valence-corrected chi connectivity index (χ2v) is 4.32. The number of nitrogens with two attached hydrogens (primary N) is 1. The second-order valence-electron chi connectivity index (χ2n) is 3.92. The number of hydrogen-bond donors (Lipinski definition) is 1. The molecule has 1 aromatic rings. The first-order valence-corrected chi connectivity index (χ1v) is 5.99. The van der Waals surface area contributed by atoms with E-state index in [1.165, 1.54) is 6.92 Å². The number of alkyl halides is 4. The van der Waals surface area contributed by atoms with Gasteiger partial charge in [-0.25, -0.2) is 9.18 Å². The Bertz CT molecular complexity index is 493. The van der Waals surface area contributed by atoms with E-state index in [2.05, 4.69) is 4.74 Å². The van der Waals surface area contributed by atoms with Crippen molar-refractivity contribution < 1.29 is 27.1 Å². The zero-order valence-electron chi connectivity index (χ0n) is 10.4. The summed E-state index contributed by atoms with van der Waals surface area (Å²) in [5.74, 6) is -1.22. The molecule has 0 aliphatic heterocycles. The van der Waals surface area contributed by atoms with Crippen molar-refractivity contribution in [2.45, 2.75) is 25.3 Å². The smallest absolute Gasteiger partial charge is 0.417 e. The maximum atomic E-state index is 13.7. The fourth-order valence-electron chi connectivity index (χ4n) is 1.50. The summed E-state index contributed by atoms with van der Waals surface area (Å²) in [5, 5.41) is -0.528. The second kappa shape index (κ2) is 6.41. The van der Waals surface area contributed by atoms with E-state index in [1.807, 2.05) is 0 Å². The van der Waals surface area contributed by atoms with Gasteiger partial charge in [-0.3, -0.25) is 0 Å². The maximum Gasteiger partial charge on any atom is 0.417 e. The van der Waals surface area contributed by atoms with Crippen LogP contribution in [-0.2, 0) is 15.7 Å². The summed E-state index contributed by atoms with van der Waals surface area (Å²) < 4.78 is 56.1. The predicted molar refractivity (Wildman–Crippen MR) is 64.9 cm³/mol. The van der Waals surface area contributed by atoms with Crippen LogP contribution in [0.1, 0.15) is 24.1 Å². The van der Waals surface area contributed by atoms with Crippen molar-refractivity contribution in [2.75, 3.05) is 6.61 Å². The summed E-state index contributed by atoms with van der Waals surface area (Å²) in [6.45, 7) is 1.42. The van der Waals surface area contributed by atoms with Crippen molar-refractivity contribution in [3.63, 3.8) is 0 Å². The summed E-state index contributed by atoms with van der Waals surface area (Å²) in [6, 6.07) is 1.15. The molecular formula is C12H12ClF4NO2. The number of rotatable bonds is 4. The third-order valence-electron chi connectivity index (χ3n) is 2.51. The minimum absolute atomic E-state index is 0.0552. The van der Waals surface area contributed by atoms with E-state index < -0.39 is 34.9 Å². The average molecular weight is 314 g/mol. The lowest BCUT2D eigenvalue weighted by Crippen LogP contribution is -2.31. The Kier molecular flexibility index (Phi) is 5.35. The lowest BCUT2D eigenvalue weighted by molar-refractivity contribution is -0.149. The average Bonchev–Trinajstić information content (AvgIpc) is 2.36. The highest BCUT2D eigenvalue weighted by molar-refractivity contribution is 6.31. The molecular weight excluding hydrogens is 302 g/mol. The van der Waals surface area contributed by atoms with Gasteiger partial charge in [0.2, 0.25) is 6.17 Å². The van der Waals surface area contributed by atoms with Crippen molar-refractivity contribution in [3.8, 4) is 0 Å². The molecule has 0 amide bonds. The van der Waals surface area contributed by atoms with E-state index in [9.17, 15) is 22.4 Å². The van der Waals surface area contributed by atoms with Crippen LogP contribution in [0.25, 0.3) is 0 Å². The van der Waals surface area contributed by atoms with Crippen molar-refractivity contribution in [2.24, 2.45) is 5.73 Å². The van der Waals surface area contributed by atoms with E-state index in [1.54, 1.807) is 0 Å². The van der Waals surface area contributed by atoms with E-state index in [-0.39, 0.29) is 12.2 Å². The van der Waals surface area contributed by atoms with E-state index in [0.717, 1.165) is 12.1 Å². The van der Waals surface area contributed by atoms with Gasteiger partial charge >= 0.3 is 12.1 Å². The molecule has 3 nitrogen and oxygen atoms in total. The topological polar surface area (TPSA) is 52.3 Å². The summed E-state index contributed by atoms with van der Waals surface area (Å²) in [7, 11) is 0. The van der Waals surface area contributed by atoms with Gasteiger partial charge in [0.05, 0.1) is 23.2 Å². The minimum Gasteiger partial charge on any atom is -0.464 e. The van der Waals surface area contributed by atoms with Gasteiger partial charge in [-0.2, -0.15) is 13.2 Å². The van der Waals surface area contributed by atoms with Crippen LogP contribution in [0.15, 0.2) is 18.2 Å². The fourth-order valence-corrected chi connectivity index (χ4v) is 1.73. The zero-order chi connectivity index (χ0) is 15.5. The minimum atomic E-state index is -4.69. The Morgan fingerprint density at radius 1 is 1.45 bits per heavy atom. The maximum absolute atomic E-state index is 13.7. The van der Waals surface area contributed by atoms with Gasteiger partial charge in [0, 0.05) is 0 Å². The molecule has 0 radical (unpaired) electrons. The summed E-state index contributed by atoms with van der Waals surface area (Å²) in [6.07, 6.45) is -6.94. The Balaban J connectivity index is 3.05. The molecule has 20 heavy (non-hydrogen) atoms. The molecule has 8 heteroatoms. The van der Waals surface area contributed by atoms with Crippen LogP contribution in [0.3, 0.4) is 0 Å². The third kappa shape index (κ3) is 3.83. The molecule has 0 saturated heterocycles. The van der Waals surface area contributed by atoms with Crippen LogP contribution in [0, 0.1) is 0 Å². The molecule has 0 spiro atoms. The molecule has 2 N–H and O–H groups in total. The van der Waals surface area contributed by atoms with Crippen LogP contribution in [-0.4, -0.2) is 18.7 Å². The predicted octanol–water partition coefficient (Wildman–Crippen LogP) is 3.26. The Labute approximate surface area is 117 Å². The molecule has 112 valence electrons. The van der Waals surface area contributed by atoms with E-state index in [4.69, 9.17) is 17.3 Å². The molecule has 2 atom stereocenters. The van der Waals surface area contributed by atoms with Gasteiger partial charge < -0.3 is 10.5 Å². The van der Waals surface area contributed by atoms with Gasteiger partial charge in [0.15, 0.2) is 0 Å². The van der Waals surface area contributed by atoms with Crippen LogP contribution in [0.5, 0.6) is 0 Å². The summed E-state index contributed by atoms with van der Waals surface area (Å²) in [5.41, 5.74) is 4.12. The van der Waals surface area contributed by atoms with Crippen molar-refractivity contribution in [1.82, 2.24) is 0 Å². The molecule has 1 aromatic carbocycles. The first kappa shape index (κ1) is 16.7. The molecule has 0 bridgehead atoms. The van der Waals surface area contributed by atoms with Crippen LogP contribution >= 0.6 is 11.6 Å². The van der Waals surface area contributed by atoms with E-state index in [0.29, 0.717) is 6.07 Å². The molecule has 0 aliphatic carbocycles. The van der Waals surface area contributed by atoms with Gasteiger partial charge in [-0.05, 0) is 24.6 Å². The Hall–Kier alpha value is -1.34. The SMILES string of the molecule is CCOC(=O)C(F)[C@H](N)c1ccc(Cl)c(C(F)(F)F)c1. The molecule has 0 aliphatic rings. The number of carbonyl (C=O) groups is 1. The summed E-state index contributed by atoms with van der Waals surface area (Å²) in [4.78, 5) is 11.2. The van der Waals surface area contributed by atoms with Gasteiger partial charge in [0.25, 0.3) is 0 Å². The third-order valence-corrected chi connectivity index (χ3v) is 2.84. The number of halogens is 5. The lowest BCUT2D eigenvalue weighted by Gasteiger charge is -2.18. The van der Waals surface area contributed by atoms with Gasteiger partial charge in [-0.1, -0.05) is 17.7 Å². The normalized spacial score (nSPS) is 14.8. The first-order valence-electron chi connectivity index (χ1n) is 5.61. The highest BCUT2D eigenvalue weighted by Gasteiger charge is 2.35. The molecule has 0 heterocycles. The Morgan fingerprint density at radius 2 is 2.05 bits per heavy atom. The van der Waals surface area contributed by atoms with Crippen LogP contribution in [0.4, 0.5) is 17.6 Å². The molecule has 1 rings (SSSR count). The van der Waals surface area contributed by atoms with Crippen molar-refractivity contribution in [1.29, 1.82) is 0 Å². The number of carbonyl (C=O) groups excluding carboxylic acids is 1. The zero-order valence-corrected chi connectivity index (χ0v) is 11.1. The molecule has 0 saturated carbocycles. The van der Waals surface area contributed by atoms with Crippen LogP contribution < -0.4 is 5.73 Å². The molecule has 0 aromatic heterocycles. The van der Waals surface area contributed by atoms with Crippen molar-refractivity contribution >= 4 is 17.6 Å². The van der Waals surface area contributed by atoms with E-state index >= 15 is 0 Å². The number of benzene rings is 1. The van der Waals surface area contributed by atoms with Crippen molar-refractivity contribution in [3.05, 3.63) is 34.3 Å². The van der Waals surface area contributed by atoms with Gasteiger partial charge in [-0.15, -0.1) is 0 Å². The largest absolute Gasteiger partial charge is 0.464 e. The number of hydrogen-bond acceptors (Lipinski definition) is 3. The standard InChI is InChI=1S/C12H12ClF4NO2/c1-2-20-11(19)9(14)10(18)6-3-4-8(13)7(5-6)12(15,16)17/h3-5,9-10H,2,18H2,1H3/t9?,10-/m1/s1. The quantitative estimate of drug-likeness (QED) is 0.685. The highest BCUT2D eigenvalue weighted by Crippen LogP contribution is 2.36. The first-order chi connectivity index (χ1) is 9.18. The molecule has 0 fully saturated rings. The molecule has 1 unspecified atom stereocenters. The van der Waals surface area contributed by atoms with Gasteiger partial charge in [0.1, 0.15) is 0 Å². The Morgan fingerprint density at radius 3 is 2.55 bits per heavy atom. The van der Waals surface area contributed by atoms with Crippen LogP contribution in [0.2, 0.25) is 5.02 Å².